The van der Waals surface area contributed by atoms with E-state index in [2.05, 4.69) is 10.3 Å². The fourth-order valence-corrected chi connectivity index (χ4v) is 3.00. The first-order chi connectivity index (χ1) is 10.2. The maximum Gasteiger partial charge on any atom is 0.264 e. The first-order valence-electron chi connectivity index (χ1n) is 6.45. The van der Waals surface area contributed by atoms with Gasteiger partial charge in [-0.2, -0.15) is 0 Å². The highest BCUT2D eigenvalue weighted by Gasteiger charge is 2.16. The highest BCUT2D eigenvalue weighted by molar-refractivity contribution is 7.15. The molecule has 0 bridgehead atoms. The van der Waals surface area contributed by atoms with E-state index < -0.39 is 0 Å². The second-order valence-corrected chi connectivity index (χ2v) is 6.00. The SMILES string of the molecule is O=C(COc1ccc(Cl)cc1)Nc1nc2c(s1)COCC2. The van der Waals surface area contributed by atoms with Crippen molar-refractivity contribution in [3.63, 3.8) is 0 Å². The Bertz CT molecular complexity index is 619. The van der Waals surface area contributed by atoms with Gasteiger partial charge in [0.2, 0.25) is 0 Å². The number of thiazole rings is 1. The number of halogens is 1. The Kier molecular flexibility index (Phi) is 4.38. The number of nitrogens with zero attached hydrogens (tertiary/aromatic N) is 1. The van der Waals surface area contributed by atoms with Gasteiger partial charge >= 0.3 is 0 Å². The molecule has 0 fully saturated rings. The maximum absolute atomic E-state index is 11.8. The Labute approximate surface area is 130 Å². The molecule has 2 heterocycles. The summed E-state index contributed by atoms with van der Waals surface area (Å²) in [5.41, 5.74) is 1.01. The molecule has 2 aromatic rings. The zero-order chi connectivity index (χ0) is 14.7. The minimum Gasteiger partial charge on any atom is -0.484 e. The molecular formula is C14H13ClN2O3S. The Morgan fingerprint density at radius 1 is 1.43 bits per heavy atom. The number of hydrogen-bond donors (Lipinski definition) is 1. The summed E-state index contributed by atoms with van der Waals surface area (Å²) >= 11 is 7.23. The quantitative estimate of drug-likeness (QED) is 0.939. The molecule has 0 spiro atoms. The van der Waals surface area contributed by atoms with Gasteiger partial charge in [0.05, 0.1) is 23.8 Å². The van der Waals surface area contributed by atoms with Gasteiger partial charge in [-0.1, -0.05) is 22.9 Å². The number of ether oxygens (including phenoxy) is 2. The molecule has 5 nitrogen and oxygen atoms in total. The van der Waals surface area contributed by atoms with Gasteiger partial charge in [0, 0.05) is 11.4 Å². The molecule has 3 rings (SSSR count). The van der Waals surface area contributed by atoms with Crippen LogP contribution in [0.1, 0.15) is 10.6 Å². The van der Waals surface area contributed by atoms with E-state index in [0.717, 1.165) is 17.0 Å². The Balaban J connectivity index is 1.54. The third kappa shape index (κ3) is 3.72. The predicted molar refractivity (Wildman–Crippen MR) is 81.1 cm³/mol. The van der Waals surface area contributed by atoms with Crippen LogP contribution in [0.3, 0.4) is 0 Å². The fourth-order valence-electron chi connectivity index (χ4n) is 1.91. The van der Waals surface area contributed by atoms with Crippen molar-refractivity contribution in [1.82, 2.24) is 4.98 Å². The molecule has 1 aromatic carbocycles. The molecule has 1 aliphatic heterocycles. The Morgan fingerprint density at radius 3 is 3.00 bits per heavy atom. The summed E-state index contributed by atoms with van der Waals surface area (Å²) < 4.78 is 10.7. The van der Waals surface area contributed by atoms with Crippen molar-refractivity contribution in [3.8, 4) is 5.75 Å². The van der Waals surface area contributed by atoms with Gasteiger partial charge in [0.15, 0.2) is 11.7 Å². The van der Waals surface area contributed by atoms with E-state index in [0.29, 0.717) is 29.1 Å². The van der Waals surface area contributed by atoms with Crippen molar-refractivity contribution in [2.75, 3.05) is 18.5 Å². The summed E-state index contributed by atoms with van der Waals surface area (Å²) in [4.78, 5) is 17.3. The molecule has 0 aliphatic carbocycles. The molecule has 7 heteroatoms. The molecule has 0 unspecified atom stereocenters. The van der Waals surface area contributed by atoms with Crippen molar-refractivity contribution in [2.45, 2.75) is 13.0 Å². The van der Waals surface area contributed by atoms with Gasteiger partial charge in [0.25, 0.3) is 5.91 Å². The van der Waals surface area contributed by atoms with E-state index >= 15 is 0 Å². The number of amides is 1. The van der Waals surface area contributed by atoms with E-state index in [1.807, 2.05) is 0 Å². The third-order valence-corrected chi connectivity index (χ3v) is 4.16. The topological polar surface area (TPSA) is 60.5 Å². The normalized spacial score (nSPS) is 13.6. The maximum atomic E-state index is 11.8. The smallest absolute Gasteiger partial charge is 0.264 e. The number of rotatable bonds is 4. The highest BCUT2D eigenvalue weighted by Crippen LogP contribution is 2.26. The van der Waals surface area contributed by atoms with Crippen LogP contribution in [0, 0.1) is 0 Å². The molecule has 0 saturated heterocycles. The van der Waals surface area contributed by atoms with Gasteiger partial charge < -0.3 is 9.47 Å². The molecule has 1 amide bonds. The molecule has 1 aromatic heterocycles. The van der Waals surface area contributed by atoms with Gasteiger partial charge in [0.1, 0.15) is 5.75 Å². The van der Waals surface area contributed by atoms with Gasteiger partial charge in [-0.3, -0.25) is 10.1 Å². The number of anilines is 1. The molecule has 21 heavy (non-hydrogen) atoms. The van der Waals surface area contributed by atoms with E-state index in [9.17, 15) is 4.79 Å². The minimum atomic E-state index is -0.239. The van der Waals surface area contributed by atoms with Gasteiger partial charge in [-0.25, -0.2) is 4.98 Å². The van der Waals surface area contributed by atoms with E-state index in [1.165, 1.54) is 11.3 Å². The number of carbonyl (C=O) groups excluding carboxylic acids is 1. The number of aromatic nitrogens is 1. The molecule has 0 saturated carbocycles. The van der Waals surface area contributed by atoms with Gasteiger partial charge in [-0.05, 0) is 24.3 Å². The third-order valence-electron chi connectivity index (χ3n) is 2.92. The van der Waals surface area contributed by atoms with Crippen LogP contribution in [0.15, 0.2) is 24.3 Å². The second kappa shape index (κ2) is 6.43. The van der Waals surface area contributed by atoms with Crippen LogP contribution in [-0.2, 0) is 22.6 Å². The monoisotopic (exact) mass is 324 g/mol. The number of nitrogens with one attached hydrogen (secondary N) is 1. The largest absolute Gasteiger partial charge is 0.484 e. The first-order valence-corrected chi connectivity index (χ1v) is 7.65. The summed E-state index contributed by atoms with van der Waals surface area (Å²) in [6.45, 7) is 1.19. The zero-order valence-corrected chi connectivity index (χ0v) is 12.7. The van der Waals surface area contributed by atoms with Crippen LogP contribution in [-0.4, -0.2) is 24.1 Å². The lowest BCUT2D eigenvalue weighted by atomic mass is 10.2. The lowest BCUT2D eigenvalue weighted by Gasteiger charge is -2.08. The van der Waals surface area contributed by atoms with E-state index in [4.69, 9.17) is 21.1 Å². The van der Waals surface area contributed by atoms with Crippen LogP contribution in [0.5, 0.6) is 5.75 Å². The number of carbonyl (C=O) groups is 1. The number of hydrogen-bond acceptors (Lipinski definition) is 5. The van der Waals surface area contributed by atoms with Crippen molar-refractivity contribution >= 4 is 34.0 Å². The van der Waals surface area contributed by atoms with Crippen molar-refractivity contribution in [2.24, 2.45) is 0 Å². The van der Waals surface area contributed by atoms with Crippen molar-refractivity contribution in [1.29, 1.82) is 0 Å². The van der Waals surface area contributed by atoms with Crippen LogP contribution < -0.4 is 10.1 Å². The molecule has 0 radical (unpaired) electrons. The molecule has 110 valence electrons. The van der Waals surface area contributed by atoms with E-state index in [-0.39, 0.29) is 12.5 Å². The average Bonchev–Trinajstić information content (AvgIpc) is 2.88. The predicted octanol–water partition coefficient (Wildman–Crippen LogP) is 2.89. The van der Waals surface area contributed by atoms with Crippen LogP contribution >= 0.6 is 22.9 Å². The van der Waals surface area contributed by atoms with Crippen molar-refractivity contribution < 1.29 is 14.3 Å². The Morgan fingerprint density at radius 2 is 2.24 bits per heavy atom. The summed E-state index contributed by atoms with van der Waals surface area (Å²) in [5, 5.41) is 3.96. The number of benzene rings is 1. The minimum absolute atomic E-state index is 0.0671. The molecule has 1 aliphatic rings. The van der Waals surface area contributed by atoms with Crippen LogP contribution in [0.2, 0.25) is 5.02 Å². The first kappa shape index (κ1) is 14.3. The van der Waals surface area contributed by atoms with Gasteiger partial charge in [-0.15, -0.1) is 0 Å². The standard InChI is InChI=1S/C14H13ClN2O3S/c15-9-1-3-10(4-2-9)20-8-13(18)17-14-16-11-5-6-19-7-12(11)21-14/h1-4H,5-8H2,(H,16,17,18). The average molecular weight is 325 g/mol. The fraction of sp³-hybridized carbons (Fsp3) is 0.286. The molecule has 1 N–H and O–H groups in total. The van der Waals surface area contributed by atoms with E-state index in [1.54, 1.807) is 24.3 Å². The lowest BCUT2D eigenvalue weighted by molar-refractivity contribution is -0.118. The van der Waals surface area contributed by atoms with Crippen molar-refractivity contribution in [3.05, 3.63) is 39.9 Å². The zero-order valence-electron chi connectivity index (χ0n) is 11.1. The molecular weight excluding hydrogens is 312 g/mol. The highest BCUT2D eigenvalue weighted by atomic mass is 35.5. The number of fused-ring (bicyclic) bond motifs is 1. The Hall–Kier alpha value is -1.63. The summed E-state index contributed by atoms with van der Waals surface area (Å²) in [6, 6.07) is 6.86. The summed E-state index contributed by atoms with van der Waals surface area (Å²) in [7, 11) is 0. The summed E-state index contributed by atoms with van der Waals surface area (Å²) in [5.74, 6) is 0.360. The van der Waals surface area contributed by atoms with Crippen LogP contribution in [0.25, 0.3) is 0 Å². The second-order valence-electron chi connectivity index (χ2n) is 4.48. The summed E-state index contributed by atoms with van der Waals surface area (Å²) in [6.07, 6.45) is 0.795. The van der Waals surface area contributed by atoms with Crippen LogP contribution in [0.4, 0.5) is 5.13 Å². The molecule has 0 atom stereocenters. The lowest BCUT2D eigenvalue weighted by Crippen LogP contribution is -2.20.